The summed E-state index contributed by atoms with van der Waals surface area (Å²) in [6.45, 7) is 0. The van der Waals surface area contributed by atoms with Gasteiger partial charge in [-0.1, -0.05) is 54.8 Å². The molecule has 0 unspecified atom stereocenters. The van der Waals surface area contributed by atoms with Gasteiger partial charge in [0.1, 0.15) is 0 Å². The third kappa shape index (κ3) is 4.83. The van der Waals surface area contributed by atoms with E-state index in [1.54, 1.807) is 23.0 Å². The summed E-state index contributed by atoms with van der Waals surface area (Å²) < 4.78 is 1.66. The van der Waals surface area contributed by atoms with E-state index in [0.717, 1.165) is 36.0 Å². The van der Waals surface area contributed by atoms with Gasteiger partial charge in [-0.25, -0.2) is 0 Å². The zero-order valence-electron chi connectivity index (χ0n) is 13.6. The second-order valence-corrected chi connectivity index (χ2v) is 7.32. The maximum atomic E-state index is 10.8. The smallest absolute Gasteiger partial charge is 0.212 e. The Hall–Kier alpha value is -1.86. The Morgan fingerprint density at radius 3 is 2.68 bits per heavy atom. The van der Waals surface area contributed by atoms with Crippen LogP contribution in [0.1, 0.15) is 49.4 Å². The maximum absolute atomic E-state index is 10.8. The molecule has 0 spiro atoms. The highest BCUT2D eigenvalue weighted by atomic mass is 35.5. The van der Waals surface area contributed by atoms with Crippen LogP contribution >= 0.6 is 23.4 Å². The molecule has 2 aromatic rings. The molecule has 1 fully saturated rings. The molecule has 1 aromatic carbocycles. The van der Waals surface area contributed by atoms with Crippen LogP contribution < -0.4 is 5.11 Å². The molecule has 0 bridgehead atoms. The summed E-state index contributed by atoms with van der Waals surface area (Å²) in [4.78, 5) is 10.8. The highest BCUT2D eigenvalue weighted by molar-refractivity contribution is 7.99. The quantitative estimate of drug-likeness (QED) is 0.571. The summed E-state index contributed by atoms with van der Waals surface area (Å²) >= 11 is 6.97. The predicted molar refractivity (Wildman–Crippen MR) is 96.0 cm³/mol. The minimum atomic E-state index is -1.14. The zero-order chi connectivity index (χ0) is 17.6. The van der Waals surface area contributed by atoms with E-state index >= 15 is 0 Å². The molecule has 1 aliphatic rings. The first-order valence-corrected chi connectivity index (χ1v) is 9.57. The second kappa shape index (κ2) is 8.49. The van der Waals surface area contributed by atoms with Crippen molar-refractivity contribution < 1.29 is 9.90 Å². The van der Waals surface area contributed by atoms with Crippen molar-refractivity contribution in [2.24, 2.45) is 5.10 Å². The molecule has 0 saturated heterocycles. The minimum absolute atomic E-state index is 0.181. The van der Waals surface area contributed by atoms with E-state index in [0.29, 0.717) is 16.1 Å². The Kier molecular flexibility index (Phi) is 6.09. The van der Waals surface area contributed by atoms with E-state index < -0.39 is 5.97 Å². The van der Waals surface area contributed by atoms with E-state index in [9.17, 15) is 9.90 Å². The number of nitrogens with zero attached hydrogens (tertiary/aromatic N) is 4. The van der Waals surface area contributed by atoms with Gasteiger partial charge in [0.2, 0.25) is 5.16 Å². The Morgan fingerprint density at radius 2 is 2.00 bits per heavy atom. The predicted octanol–water partition coefficient (Wildman–Crippen LogP) is 2.70. The number of aromatic nitrogens is 3. The van der Waals surface area contributed by atoms with Gasteiger partial charge in [0.15, 0.2) is 5.82 Å². The monoisotopic (exact) mass is 377 g/mol. The van der Waals surface area contributed by atoms with Gasteiger partial charge in [0, 0.05) is 16.7 Å². The van der Waals surface area contributed by atoms with Crippen molar-refractivity contribution in [1.82, 2.24) is 14.9 Å². The first-order chi connectivity index (χ1) is 12.1. The molecule has 1 aliphatic carbocycles. The first-order valence-electron chi connectivity index (χ1n) is 8.21. The van der Waals surface area contributed by atoms with Gasteiger partial charge < -0.3 is 9.90 Å². The van der Waals surface area contributed by atoms with Crippen molar-refractivity contribution in [1.29, 1.82) is 0 Å². The minimum Gasteiger partial charge on any atom is -0.549 e. The Bertz CT molecular complexity index is 755. The van der Waals surface area contributed by atoms with Gasteiger partial charge >= 0.3 is 0 Å². The number of rotatable bonds is 6. The zero-order valence-corrected chi connectivity index (χ0v) is 15.2. The van der Waals surface area contributed by atoms with Crippen molar-refractivity contribution in [3.63, 3.8) is 0 Å². The van der Waals surface area contributed by atoms with Crippen molar-refractivity contribution >= 4 is 35.5 Å². The molecule has 0 aliphatic heterocycles. The molecule has 8 heteroatoms. The van der Waals surface area contributed by atoms with Gasteiger partial charge in [-0.2, -0.15) is 9.78 Å². The van der Waals surface area contributed by atoms with Crippen LogP contribution in [0.15, 0.2) is 34.5 Å². The fourth-order valence-corrected chi connectivity index (χ4v) is 3.62. The number of aliphatic carboxylic acids is 1. The van der Waals surface area contributed by atoms with Crippen molar-refractivity contribution in [2.75, 3.05) is 5.75 Å². The van der Waals surface area contributed by atoms with Crippen molar-refractivity contribution in [2.45, 2.75) is 43.2 Å². The summed E-state index contributed by atoms with van der Waals surface area (Å²) in [6.07, 6.45) is 7.39. The van der Waals surface area contributed by atoms with E-state index in [-0.39, 0.29) is 5.75 Å². The topological polar surface area (TPSA) is 83.2 Å². The van der Waals surface area contributed by atoms with Gasteiger partial charge in [0.05, 0.1) is 12.2 Å². The van der Waals surface area contributed by atoms with Gasteiger partial charge in [-0.3, -0.25) is 0 Å². The number of carboxylic acid groups (broad SMARTS) is 1. The molecule has 0 amide bonds. The lowest BCUT2D eigenvalue weighted by Crippen LogP contribution is -2.24. The number of benzene rings is 1. The van der Waals surface area contributed by atoms with Crippen molar-refractivity contribution in [3.8, 4) is 0 Å². The lowest BCUT2D eigenvalue weighted by Gasteiger charge is -2.20. The van der Waals surface area contributed by atoms with Crippen LogP contribution in [0.2, 0.25) is 5.02 Å². The summed E-state index contributed by atoms with van der Waals surface area (Å²) in [5.41, 5.74) is 0.892. The molecular formula is C17H18ClN4O2S-. The lowest BCUT2D eigenvalue weighted by molar-refractivity contribution is -0.301. The second-order valence-electron chi connectivity index (χ2n) is 5.94. The van der Waals surface area contributed by atoms with E-state index in [1.165, 1.54) is 19.3 Å². The maximum Gasteiger partial charge on any atom is 0.212 e. The molecule has 132 valence electrons. The van der Waals surface area contributed by atoms with E-state index in [4.69, 9.17) is 11.6 Å². The van der Waals surface area contributed by atoms with Crippen LogP contribution in [0.4, 0.5) is 0 Å². The number of carbonyl (C=O) groups is 1. The summed E-state index contributed by atoms with van der Waals surface area (Å²) in [6, 6.07) is 7.32. The molecule has 1 aromatic heterocycles. The molecule has 6 nitrogen and oxygen atoms in total. The Balaban J connectivity index is 1.87. The fourth-order valence-electron chi connectivity index (χ4n) is 2.89. The van der Waals surface area contributed by atoms with Crippen LogP contribution in [0.5, 0.6) is 0 Å². The molecule has 0 N–H and O–H groups in total. The Labute approximate surface area is 155 Å². The van der Waals surface area contributed by atoms with Crippen LogP contribution in [0.25, 0.3) is 0 Å². The van der Waals surface area contributed by atoms with Gasteiger partial charge in [-0.05, 0) is 30.5 Å². The SMILES string of the molecule is O=C([O-])CSc1nnc(C2CCCCC2)n1/N=C\c1ccc(Cl)cc1. The highest BCUT2D eigenvalue weighted by Crippen LogP contribution is 2.33. The molecule has 1 saturated carbocycles. The Morgan fingerprint density at radius 1 is 1.28 bits per heavy atom. The number of carboxylic acids is 1. The van der Waals surface area contributed by atoms with E-state index in [1.807, 2.05) is 12.1 Å². The first kappa shape index (κ1) is 17.9. The summed E-state index contributed by atoms with van der Waals surface area (Å²) in [5.74, 6) is -0.216. The lowest BCUT2D eigenvalue weighted by atomic mass is 9.89. The summed E-state index contributed by atoms with van der Waals surface area (Å²) in [7, 11) is 0. The highest BCUT2D eigenvalue weighted by Gasteiger charge is 2.23. The number of hydrogen-bond donors (Lipinski definition) is 0. The van der Waals surface area contributed by atoms with E-state index in [2.05, 4.69) is 15.3 Å². The van der Waals surface area contributed by atoms with Crippen molar-refractivity contribution in [3.05, 3.63) is 40.7 Å². The number of hydrogen-bond acceptors (Lipinski definition) is 6. The molecule has 1 heterocycles. The average molecular weight is 378 g/mol. The van der Waals surface area contributed by atoms with Gasteiger partial charge in [0.25, 0.3) is 0 Å². The van der Waals surface area contributed by atoms with Gasteiger partial charge in [-0.15, -0.1) is 10.2 Å². The number of thioether (sulfide) groups is 1. The molecule has 0 atom stereocenters. The van der Waals surface area contributed by atoms with Crippen LogP contribution in [0, 0.1) is 0 Å². The third-order valence-corrected chi connectivity index (χ3v) is 5.26. The van der Waals surface area contributed by atoms with Crippen LogP contribution in [-0.4, -0.2) is 32.8 Å². The summed E-state index contributed by atoms with van der Waals surface area (Å²) in [5, 5.41) is 24.8. The fraction of sp³-hybridized carbons (Fsp3) is 0.412. The number of halogens is 1. The normalized spacial score (nSPS) is 15.7. The number of carbonyl (C=O) groups excluding carboxylic acids is 1. The molecule has 3 rings (SSSR count). The third-order valence-electron chi connectivity index (χ3n) is 4.12. The largest absolute Gasteiger partial charge is 0.549 e. The van der Waals surface area contributed by atoms with Crippen LogP contribution in [0.3, 0.4) is 0 Å². The average Bonchev–Trinajstić information content (AvgIpc) is 3.03. The molecular weight excluding hydrogens is 360 g/mol. The standard InChI is InChI=1S/C17H19ClN4O2S/c18-14-8-6-12(7-9-14)10-19-22-16(13-4-2-1-3-5-13)20-21-17(22)25-11-15(23)24/h6-10,13H,1-5,11H2,(H,23,24)/p-1/b19-10-. The van der Waals surface area contributed by atoms with Crippen LogP contribution in [-0.2, 0) is 4.79 Å². The molecule has 0 radical (unpaired) electrons. The molecule has 25 heavy (non-hydrogen) atoms.